The van der Waals surface area contributed by atoms with Gasteiger partial charge in [-0.15, -0.1) is 0 Å². The van der Waals surface area contributed by atoms with Crippen LogP contribution in [0.1, 0.15) is 26.3 Å². The van der Waals surface area contributed by atoms with Crippen LogP contribution in [0.15, 0.2) is 36.5 Å². The molecule has 2 aromatic rings. The summed E-state index contributed by atoms with van der Waals surface area (Å²) < 4.78 is 0. The summed E-state index contributed by atoms with van der Waals surface area (Å²) in [6.45, 7) is 7.03. The van der Waals surface area contributed by atoms with Crippen molar-refractivity contribution in [1.82, 2.24) is 9.97 Å². The highest BCUT2D eigenvalue weighted by Gasteiger charge is 2.11. The molecule has 0 aliphatic heterocycles. The average molecular weight is 305 g/mol. The minimum atomic E-state index is -0.0561. The quantitative estimate of drug-likeness (QED) is 0.877. The Hall–Kier alpha value is -1.81. The van der Waals surface area contributed by atoms with Gasteiger partial charge in [0.25, 0.3) is 0 Å². The molecule has 0 atom stereocenters. The van der Waals surface area contributed by atoms with Crippen LogP contribution < -0.4 is 10.6 Å². The Kier molecular flexibility index (Phi) is 5.02. The normalized spacial score (nSPS) is 11.2. The Morgan fingerprint density at radius 2 is 2.00 bits per heavy atom. The molecule has 0 amide bonds. The predicted octanol–water partition coefficient (Wildman–Crippen LogP) is 4.00. The van der Waals surface area contributed by atoms with Gasteiger partial charge in [0, 0.05) is 23.3 Å². The summed E-state index contributed by atoms with van der Waals surface area (Å²) in [5, 5.41) is 7.33. The molecular weight excluding hydrogens is 284 g/mol. The van der Waals surface area contributed by atoms with Crippen LogP contribution in [0.2, 0.25) is 5.02 Å². The molecule has 0 saturated heterocycles. The number of nitrogens with one attached hydrogen (secondary N) is 2. The van der Waals surface area contributed by atoms with E-state index in [1.165, 1.54) is 5.56 Å². The molecule has 0 unspecified atom stereocenters. The van der Waals surface area contributed by atoms with E-state index in [-0.39, 0.29) is 5.54 Å². The van der Waals surface area contributed by atoms with E-state index in [2.05, 4.69) is 47.4 Å². The number of hydrogen-bond donors (Lipinski definition) is 2. The van der Waals surface area contributed by atoms with Crippen molar-refractivity contribution >= 4 is 23.4 Å². The number of anilines is 2. The minimum Gasteiger partial charge on any atom is -0.370 e. The third kappa shape index (κ3) is 5.60. The SMILES string of the molecule is CC(C)(C)Nc1nccc(NCCc2cccc(Cl)c2)n1. The van der Waals surface area contributed by atoms with Gasteiger partial charge in [-0.05, 0) is 51.0 Å². The molecule has 2 N–H and O–H groups in total. The largest absolute Gasteiger partial charge is 0.370 e. The topological polar surface area (TPSA) is 49.8 Å². The molecule has 1 aromatic heterocycles. The maximum absolute atomic E-state index is 5.97. The molecule has 0 bridgehead atoms. The third-order valence-corrected chi connectivity index (χ3v) is 2.99. The van der Waals surface area contributed by atoms with Crippen molar-refractivity contribution < 1.29 is 0 Å². The van der Waals surface area contributed by atoms with Crippen LogP contribution in [-0.4, -0.2) is 22.1 Å². The summed E-state index contributed by atoms with van der Waals surface area (Å²) in [5.74, 6) is 1.45. The highest BCUT2D eigenvalue weighted by Crippen LogP contribution is 2.13. The zero-order valence-electron chi connectivity index (χ0n) is 12.7. The van der Waals surface area contributed by atoms with Gasteiger partial charge in [0.05, 0.1) is 0 Å². The minimum absolute atomic E-state index is 0.0561. The number of nitrogens with zero attached hydrogens (tertiary/aromatic N) is 2. The summed E-state index contributed by atoms with van der Waals surface area (Å²) in [4.78, 5) is 8.67. The van der Waals surface area contributed by atoms with Crippen molar-refractivity contribution in [3.63, 3.8) is 0 Å². The first-order valence-corrected chi connectivity index (χ1v) is 7.40. The van der Waals surface area contributed by atoms with Crippen LogP contribution >= 0.6 is 11.6 Å². The molecule has 2 rings (SSSR count). The van der Waals surface area contributed by atoms with Crippen LogP contribution in [0.5, 0.6) is 0 Å². The van der Waals surface area contributed by atoms with Gasteiger partial charge in [-0.1, -0.05) is 23.7 Å². The van der Waals surface area contributed by atoms with E-state index >= 15 is 0 Å². The maximum atomic E-state index is 5.97. The van der Waals surface area contributed by atoms with Gasteiger partial charge < -0.3 is 10.6 Å². The van der Waals surface area contributed by atoms with Gasteiger partial charge in [0.1, 0.15) is 5.82 Å². The Morgan fingerprint density at radius 3 is 2.71 bits per heavy atom. The van der Waals surface area contributed by atoms with E-state index in [0.717, 1.165) is 23.8 Å². The van der Waals surface area contributed by atoms with Gasteiger partial charge in [-0.3, -0.25) is 0 Å². The summed E-state index contributed by atoms with van der Waals surface area (Å²) in [5.41, 5.74) is 1.15. The lowest BCUT2D eigenvalue weighted by Gasteiger charge is -2.20. The van der Waals surface area contributed by atoms with E-state index in [1.807, 2.05) is 24.3 Å². The van der Waals surface area contributed by atoms with Crippen molar-refractivity contribution in [1.29, 1.82) is 0 Å². The molecular formula is C16H21ClN4. The number of rotatable bonds is 5. The molecule has 112 valence electrons. The van der Waals surface area contributed by atoms with E-state index in [0.29, 0.717) is 5.95 Å². The standard InChI is InChI=1S/C16H21ClN4/c1-16(2,3)21-15-19-10-8-14(20-15)18-9-7-12-5-4-6-13(17)11-12/h4-6,8,10-11H,7,9H2,1-3H3,(H2,18,19,20,21). The van der Waals surface area contributed by atoms with Crippen molar-refractivity contribution in [2.24, 2.45) is 0 Å². The summed E-state index contributed by atoms with van der Waals surface area (Å²) in [6.07, 6.45) is 2.65. The number of hydrogen-bond acceptors (Lipinski definition) is 4. The van der Waals surface area contributed by atoms with Crippen molar-refractivity contribution in [2.45, 2.75) is 32.7 Å². The van der Waals surface area contributed by atoms with Crippen molar-refractivity contribution in [3.8, 4) is 0 Å². The van der Waals surface area contributed by atoms with E-state index in [9.17, 15) is 0 Å². The monoisotopic (exact) mass is 304 g/mol. The Labute approximate surface area is 131 Å². The van der Waals surface area contributed by atoms with Crippen molar-refractivity contribution in [2.75, 3.05) is 17.2 Å². The van der Waals surface area contributed by atoms with E-state index < -0.39 is 0 Å². The fraction of sp³-hybridized carbons (Fsp3) is 0.375. The Balaban J connectivity index is 1.90. The van der Waals surface area contributed by atoms with Gasteiger partial charge in [-0.2, -0.15) is 4.98 Å². The number of benzene rings is 1. The average Bonchev–Trinajstić information content (AvgIpc) is 2.37. The first-order valence-electron chi connectivity index (χ1n) is 7.02. The van der Waals surface area contributed by atoms with Crippen LogP contribution in [0.25, 0.3) is 0 Å². The molecule has 0 fully saturated rings. The van der Waals surface area contributed by atoms with E-state index in [4.69, 9.17) is 11.6 Å². The molecule has 0 radical (unpaired) electrons. The molecule has 0 spiro atoms. The second kappa shape index (κ2) is 6.76. The molecule has 5 heteroatoms. The molecule has 0 saturated carbocycles. The van der Waals surface area contributed by atoms with Crippen LogP contribution in [0.3, 0.4) is 0 Å². The molecule has 1 heterocycles. The fourth-order valence-corrected chi connectivity index (χ4v) is 2.09. The van der Waals surface area contributed by atoms with Crippen LogP contribution in [0, 0.1) is 0 Å². The third-order valence-electron chi connectivity index (χ3n) is 2.75. The molecule has 0 aliphatic carbocycles. The predicted molar refractivity (Wildman–Crippen MR) is 89.1 cm³/mol. The second-order valence-corrected chi connectivity index (χ2v) is 6.38. The highest BCUT2D eigenvalue weighted by molar-refractivity contribution is 6.30. The van der Waals surface area contributed by atoms with Crippen LogP contribution in [-0.2, 0) is 6.42 Å². The Morgan fingerprint density at radius 1 is 1.19 bits per heavy atom. The lowest BCUT2D eigenvalue weighted by molar-refractivity contribution is 0.626. The summed E-state index contributed by atoms with van der Waals surface area (Å²) >= 11 is 5.97. The first-order chi connectivity index (χ1) is 9.92. The number of aromatic nitrogens is 2. The molecule has 21 heavy (non-hydrogen) atoms. The zero-order valence-corrected chi connectivity index (χ0v) is 13.4. The number of halogens is 1. The van der Waals surface area contributed by atoms with Gasteiger partial charge >= 0.3 is 0 Å². The Bertz CT molecular complexity index is 593. The smallest absolute Gasteiger partial charge is 0.224 e. The van der Waals surface area contributed by atoms with Crippen molar-refractivity contribution in [3.05, 3.63) is 47.1 Å². The molecule has 0 aliphatic rings. The zero-order chi connectivity index (χ0) is 15.3. The van der Waals surface area contributed by atoms with Gasteiger partial charge in [-0.25, -0.2) is 4.98 Å². The van der Waals surface area contributed by atoms with Gasteiger partial charge in [0.15, 0.2) is 0 Å². The molecule has 4 nitrogen and oxygen atoms in total. The maximum Gasteiger partial charge on any atom is 0.224 e. The highest BCUT2D eigenvalue weighted by atomic mass is 35.5. The first kappa shape index (κ1) is 15.6. The second-order valence-electron chi connectivity index (χ2n) is 5.95. The molecule has 1 aromatic carbocycles. The van der Waals surface area contributed by atoms with Gasteiger partial charge in [0.2, 0.25) is 5.95 Å². The lowest BCUT2D eigenvalue weighted by atomic mass is 10.1. The summed E-state index contributed by atoms with van der Waals surface area (Å²) in [6, 6.07) is 9.77. The lowest BCUT2D eigenvalue weighted by Crippen LogP contribution is -2.27. The van der Waals surface area contributed by atoms with E-state index in [1.54, 1.807) is 6.20 Å². The fourth-order valence-electron chi connectivity index (χ4n) is 1.88. The summed E-state index contributed by atoms with van der Waals surface area (Å²) in [7, 11) is 0. The van der Waals surface area contributed by atoms with Crippen LogP contribution in [0.4, 0.5) is 11.8 Å².